The van der Waals surface area contributed by atoms with Gasteiger partial charge in [-0.1, -0.05) is 20.8 Å². The molecule has 0 N–H and O–H groups in total. The van der Waals surface area contributed by atoms with Gasteiger partial charge in [-0.2, -0.15) is 4.31 Å². The first-order valence-corrected chi connectivity index (χ1v) is 11.8. The number of sulfonamides is 1. The summed E-state index contributed by atoms with van der Waals surface area (Å²) in [5.41, 5.74) is 1.24. The fourth-order valence-electron chi connectivity index (χ4n) is 3.82. The lowest BCUT2D eigenvalue weighted by Gasteiger charge is -2.34. The average molecular weight is 430 g/mol. The van der Waals surface area contributed by atoms with Gasteiger partial charge in [0.1, 0.15) is 4.90 Å². The molecule has 2 aromatic rings. The van der Waals surface area contributed by atoms with E-state index in [4.69, 9.17) is 0 Å². The predicted molar refractivity (Wildman–Crippen MR) is 112 cm³/mol. The summed E-state index contributed by atoms with van der Waals surface area (Å²) in [6.07, 6.45) is 5.67. The van der Waals surface area contributed by atoms with Crippen LogP contribution in [0.4, 0.5) is 0 Å². The molecule has 0 radical (unpaired) electrons. The Kier molecular flexibility index (Phi) is 5.59. The van der Waals surface area contributed by atoms with Crippen LogP contribution in [0.1, 0.15) is 38.8 Å². The third kappa shape index (κ3) is 3.96. The van der Waals surface area contributed by atoms with Gasteiger partial charge in [-0.25, -0.2) is 18.4 Å². The van der Waals surface area contributed by atoms with Gasteiger partial charge in [0.05, 0.1) is 11.9 Å². The SMILES string of the molecule is CC(C)c1nc(-c2cccnc2)ncc1S(=O)(=O)N1CCN(C(=O)C2CC2C)CC1. The van der Waals surface area contributed by atoms with E-state index in [0.29, 0.717) is 30.5 Å². The van der Waals surface area contributed by atoms with Crippen molar-refractivity contribution in [2.45, 2.75) is 38.0 Å². The second-order valence-electron chi connectivity index (χ2n) is 8.39. The van der Waals surface area contributed by atoms with Gasteiger partial charge in [0, 0.05) is 50.1 Å². The van der Waals surface area contributed by atoms with E-state index in [1.807, 2.05) is 19.9 Å². The number of hydrogen-bond acceptors (Lipinski definition) is 6. The summed E-state index contributed by atoms with van der Waals surface area (Å²) in [5, 5.41) is 0. The Morgan fingerprint density at radius 2 is 1.87 bits per heavy atom. The minimum absolute atomic E-state index is 0.0904. The van der Waals surface area contributed by atoms with Crippen molar-refractivity contribution in [1.29, 1.82) is 0 Å². The summed E-state index contributed by atoms with van der Waals surface area (Å²) >= 11 is 0. The highest BCUT2D eigenvalue weighted by Crippen LogP contribution is 2.39. The van der Waals surface area contributed by atoms with Crippen LogP contribution in [-0.2, 0) is 14.8 Å². The maximum atomic E-state index is 13.4. The molecule has 3 heterocycles. The third-order valence-corrected chi connectivity index (χ3v) is 7.76. The number of aromatic nitrogens is 3. The number of piperazine rings is 1. The zero-order valence-corrected chi connectivity index (χ0v) is 18.3. The fourth-order valence-corrected chi connectivity index (χ4v) is 5.47. The van der Waals surface area contributed by atoms with Crippen molar-refractivity contribution in [3.05, 3.63) is 36.4 Å². The van der Waals surface area contributed by atoms with Crippen LogP contribution >= 0.6 is 0 Å². The second-order valence-corrected chi connectivity index (χ2v) is 10.3. The highest BCUT2D eigenvalue weighted by atomic mass is 32.2. The minimum atomic E-state index is -3.75. The summed E-state index contributed by atoms with van der Waals surface area (Å²) in [7, 11) is -3.75. The molecule has 1 amide bonds. The van der Waals surface area contributed by atoms with Crippen molar-refractivity contribution in [3.8, 4) is 11.4 Å². The van der Waals surface area contributed by atoms with Gasteiger partial charge >= 0.3 is 0 Å². The Hall–Kier alpha value is -2.39. The van der Waals surface area contributed by atoms with Crippen LogP contribution in [0, 0.1) is 11.8 Å². The molecule has 4 rings (SSSR count). The van der Waals surface area contributed by atoms with Crippen molar-refractivity contribution >= 4 is 15.9 Å². The molecule has 2 unspecified atom stereocenters. The molecular weight excluding hydrogens is 402 g/mol. The Bertz CT molecular complexity index is 1030. The Labute approximate surface area is 177 Å². The number of amides is 1. The monoisotopic (exact) mass is 429 g/mol. The molecule has 160 valence electrons. The van der Waals surface area contributed by atoms with Crippen LogP contribution in [-0.4, -0.2) is 64.7 Å². The molecule has 1 saturated carbocycles. The van der Waals surface area contributed by atoms with Crippen LogP contribution in [0.5, 0.6) is 0 Å². The smallest absolute Gasteiger partial charge is 0.246 e. The summed E-state index contributed by atoms with van der Waals surface area (Å²) in [6, 6.07) is 3.64. The molecule has 0 spiro atoms. The predicted octanol–water partition coefficient (Wildman–Crippen LogP) is 2.15. The molecule has 1 aliphatic carbocycles. The molecule has 30 heavy (non-hydrogen) atoms. The number of rotatable bonds is 5. The lowest BCUT2D eigenvalue weighted by atomic mass is 10.1. The molecule has 1 aliphatic heterocycles. The Morgan fingerprint density at radius 3 is 2.43 bits per heavy atom. The van der Waals surface area contributed by atoms with Crippen molar-refractivity contribution in [2.24, 2.45) is 11.8 Å². The van der Waals surface area contributed by atoms with Gasteiger partial charge in [0.2, 0.25) is 15.9 Å². The van der Waals surface area contributed by atoms with E-state index in [1.54, 1.807) is 23.4 Å². The molecule has 9 heteroatoms. The molecule has 1 saturated heterocycles. The van der Waals surface area contributed by atoms with E-state index in [-0.39, 0.29) is 35.7 Å². The van der Waals surface area contributed by atoms with Crippen LogP contribution in [0.25, 0.3) is 11.4 Å². The fraction of sp³-hybridized carbons (Fsp3) is 0.524. The van der Waals surface area contributed by atoms with Gasteiger partial charge < -0.3 is 4.90 Å². The maximum absolute atomic E-state index is 13.4. The highest BCUT2D eigenvalue weighted by molar-refractivity contribution is 7.89. The lowest BCUT2D eigenvalue weighted by Crippen LogP contribution is -2.51. The second kappa shape index (κ2) is 8.03. The molecule has 2 fully saturated rings. The normalized spacial score (nSPS) is 22.3. The van der Waals surface area contributed by atoms with Gasteiger partial charge in [-0.3, -0.25) is 9.78 Å². The number of pyridine rings is 1. The van der Waals surface area contributed by atoms with E-state index >= 15 is 0 Å². The van der Waals surface area contributed by atoms with Gasteiger partial charge in [0.15, 0.2) is 5.82 Å². The Morgan fingerprint density at radius 1 is 1.17 bits per heavy atom. The number of carbonyl (C=O) groups excluding carboxylic acids is 1. The van der Waals surface area contributed by atoms with Crippen LogP contribution in [0.3, 0.4) is 0 Å². The van der Waals surface area contributed by atoms with Gasteiger partial charge in [-0.15, -0.1) is 0 Å². The van der Waals surface area contributed by atoms with Crippen LogP contribution in [0.15, 0.2) is 35.6 Å². The van der Waals surface area contributed by atoms with E-state index < -0.39 is 10.0 Å². The summed E-state index contributed by atoms with van der Waals surface area (Å²) in [4.78, 5) is 27.3. The van der Waals surface area contributed by atoms with Crippen molar-refractivity contribution in [1.82, 2.24) is 24.2 Å². The van der Waals surface area contributed by atoms with Crippen molar-refractivity contribution in [2.75, 3.05) is 26.2 Å². The van der Waals surface area contributed by atoms with E-state index in [9.17, 15) is 13.2 Å². The van der Waals surface area contributed by atoms with Crippen LogP contribution in [0.2, 0.25) is 0 Å². The molecule has 8 nitrogen and oxygen atoms in total. The third-order valence-electron chi connectivity index (χ3n) is 5.84. The molecule has 0 aromatic carbocycles. The first-order chi connectivity index (χ1) is 14.3. The van der Waals surface area contributed by atoms with Crippen molar-refractivity contribution < 1.29 is 13.2 Å². The first kappa shape index (κ1) is 20.9. The number of nitrogens with zero attached hydrogens (tertiary/aromatic N) is 5. The topological polar surface area (TPSA) is 96.4 Å². The molecule has 2 aromatic heterocycles. The van der Waals surface area contributed by atoms with E-state index in [2.05, 4.69) is 21.9 Å². The van der Waals surface area contributed by atoms with Gasteiger partial charge in [-0.05, 0) is 30.4 Å². The molecule has 2 atom stereocenters. The zero-order valence-electron chi connectivity index (χ0n) is 17.5. The quantitative estimate of drug-likeness (QED) is 0.723. The molecule has 0 bridgehead atoms. The highest BCUT2D eigenvalue weighted by Gasteiger charge is 2.43. The molecule has 2 aliphatic rings. The standard InChI is InChI=1S/C21H27N5O3S/c1-14(2)19-18(13-23-20(24-19)16-5-4-6-22-12-16)30(28,29)26-9-7-25(8-10-26)21(27)17-11-15(17)3/h4-6,12-15,17H,7-11H2,1-3H3. The summed E-state index contributed by atoms with van der Waals surface area (Å²) in [5.74, 6) is 1.09. The average Bonchev–Trinajstić information content (AvgIpc) is 3.50. The number of carbonyl (C=O) groups is 1. The first-order valence-electron chi connectivity index (χ1n) is 10.4. The maximum Gasteiger partial charge on any atom is 0.246 e. The van der Waals surface area contributed by atoms with Crippen molar-refractivity contribution in [3.63, 3.8) is 0 Å². The van der Waals surface area contributed by atoms with E-state index in [1.165, 1.54) is 10.5 Å². The summed E-state index contributed by atoms with van der Waals surface area (Å²) < 4.78 is 28.2. The zero-order chi connectivity index (χ0) is 21.5. The minimum Gasteiger partial charge on any atom is -0.340 e. The Balaban J connectivity index is 1.56. The lowest BCUT2D eigenvalue weighted by molar-refractivity contribution is -0.134. The summed E-state index contributed by atoms with van der Waals surface area (Å²) in [6.45, 7) is 7.34. The van der Waals surface area contributed by atoms with E-state index in [0.717, 1.165) is 12.0 Å². The largest absolute Gasteiger partial charge is 0.340 e. The van der Waals surface area contributed by atoms with Crippen LogP contribution < -0.4 is 0 Å². The number of hydrogen-bond donors (Lipinski definition) is 0. The molecular formula is C21H27N5O3S. The van der Waals surface area contributed by atoms with Gasteiger partial charge in [0.25, 0.3) is 0 Å².